The second-order valence-corrected chi connectivity index (χ2v) is 17.5. The molecule has 6 aromatic rings. The summed E-state index contributed by atoms with van der Waals surface area (Å²) in [4.78, 5) is 22.8. The number of benzene rings is 5. The van der Waals surface area contributed by atoms with Crippen molar-refractivity contribution in [2.45, 2.75) is 40.4 Å². The summed E-state index contributed by atoms with van der Waals surface area (Å²) in [6.07, 6.45) is 0.109. The van der Waals surface area contributed by atoms with Gasteiger partial charge in [-0.05, 0) is 72.1 Å². The summed E-state index contributed by atoms with van der Waals surface area (Å²) in [5.74, 6) is -0.515. The second-order valence-electron chi connectivity index (χ2n) is 12.9. The van der Waals surface area contributed by atoms with Crippen LogP contribution in [-0.2, 0) is 58.6 Å². The van der Waals surface area contributed by atoms with E-state index in [4.69, 9.17) is 17.7 Å². The number of hydrogen-bond acceptors (Lipinski definition) is 18. The molecule has 0 spiro atoms. The Morgan fingerprint density at radius 2 is 1.11 bits per heavy atom. The van der Waals surface area contributed by atoms with Crippen molar-refractivity contribution < 1.29 is 61.4 Å². The molecule has 26 heteroatoms. The number of rotatable bonds is 16. The van der Waals surface area contributed by atoms with Gasteiger partial charge in [0.15, 0.2) is 0 Å². The van der Waals surface area contributed by atoms with E-state index in [0.717, 1.165) is 12.1 Å². The Balaban J connectivity index is 0.00000179. The molecule has 0 atom stereocenters. The van der Waals surface area contributed by atoms with E-state index >= 15 is 0 Å². The molecule has 0 unspecified atom stereocenters. The summed E-state index contributed by atoms with van der Waals surface area (Å²) in [6.45, 7) is 0.201. The number of carboxylic acid groups (broad SMARTS) is 1. The number of aromatic nitrogens is 3. The summed E-state index contributed by atoms with van der Waals surface area (Å²) in [7, 11) is -17.5. The standard InChI is InChI=1S/C37H32N8O11S3.O3S/c46-36(47)10-5-17-38-37-40-34(39-35(41-37)19-24-13-16-27(21-32(24)58(51,52)53)44-42-25-6-2-1-3-7-25)18-23-11-14-26(15-12-23)43-45-28-20-30-29(33(22-28)59(54,55)56)8-4-9-31(30)57(48,49)50;1-4(2)3/h1-4,6-9,11-16,20-22H,5,10,17-19H2,(H,46,47)(H,48,49,50)(H,51,52,53)(H,54,55,56)(H,38,39,40,41);. The average molecular weight is 941 g/mol. The van der Waals surface area contributed by atoms with Crippen LogP contribution in [0.1, 0.15) is 35.6 Å². The first-order valence-corrected chi connectivity index (χ1v) is 23.0. The van der Waals surface area contributed by atoms with Gasteiger partial charge in [0.1, 0.15) is 21.4 Å². The van der Waals surface area contributed by atoms with Crippen molar-refractivity contribution >= 4 is 86.4 Å². The molecule has 0 aliphatic carbocycles. The highest BCUT2D eigenvalue weighted by atomic mass is 32.2. The first-order chi connectivity index (χ1) is 29.7. The largest absolute Gasteiger partial charge is 0.481 e. The van der Waals surface area contributed by atoms with Gasteiger partial charge in [0.25, 0.3) is 30.4 Å². The maximum Gasteiger partial charge on any atom is 0.425 e. The summed E-state index contributed by atoms with van der Waals surface area (Å²) in [6, 6.07) is 25.1. The predicted octanol–water partition coefficient (Wildman–Crippen LogP) is 6.05. The van der Waals surface area contributed by atoms with Crippen molar-refractivity contribution in [2.75, 3.05) is 11.9 Å². The molecule has 0 aliphatic heterocycles. The van der Waals surface area contributed by atoms with Crippen LogP contribution in [0.25, 0.3) is 10.8 Å². The van der Waals surface area contributed by atoms with Gasteiger partial charge in [-0.15, -0.1) is 12.6 Å². The zero-order chi connectivity index (χ0) is 46.0. The van der Waals surface area contributed by atoms with Crippen molar-refractivity contribution in [3.8, 4) is 0 Å². The normalized spacial score (nSPS) is 12.0. The van der Waals surface area contributed by atoms with Crippen molar-refractivity contribution in [2.24, 2.45) is 20.5 Å². The van der Waals surface area contributed by atoms with E-state index < -0.39 is 61.6 Å². The molecule has 5 N–H and O–H groups in total. The fraction of sp³-hybridized carbons (Fsp3) is 0.135. The van der Waals surface area contributed by atoms with Crippen LogP contribution in [0.2, 0.25) is 0 Å². The lowest BCUT2D eigenvalue weighted by Gasteiger charge is -2.11. The van der Waals surface area contributed by atoms with E-state index in [9.17, 15) is 43.7 Å². The van der Waals surface area contributed by atoms with E-state index in [1.165, 1.54) is 36.4 Å². The Morgan fingerprint density at radius 3 is 1.71 bits per heavy atom. The SMILES string of the molecule is O=C(O)CCCNc1nc(Cc2ccc(N=Nc3cc(S(=O)(=O)O)c4cccc(S(=O)(=O)O)c4c3)cc2)nc(Cc2ccc(N=Nc3ccccc3)cc2S(=O)(=O)O)n1.O=S(=O)=O. The zero-order valence-electron chi connectivity index (χ0n) is 32.0. The summed E-state index contributed by atoms with van der Waals surface area (Å²) in [5, 5.41) is 27.9. The molecule has 63 heavy (non-hydrogen) atoms. The van der Waals surface area contributed by atoms with E-state index in [1.54, 1.807) is 54.6 Å². The second kappa shape index (κ2) is 20.4. The van der Waals surface area contributed by atoms with Crippen molar-refractivity contribution in [1.82, 2.24) is 15.0 Å². The number of azo groups is 2. The maximum absolute atomic E-state index is 12.5. The number of carboxylic acids is 1. The number of anilines is 1. The predicted molar refractivity (Wildman–Crippen MR) is 222 cm³/mol. The molecule has 1 heterocycles. The van der Waals surface area contributed by atoms with Gasteiger partial charge in [-0.2, -0.15) is 55.7 Å². The highest BCUT2D eigenvalue weighted by Gasteiger charge is 2.22. The molecule has 0 aliphatic rings. The van der Waals surface area contributed by atoms with Crippen LogP contribution in [0.3, 0.4) is 0 Å². The van der Waals surface area contributed by atoms with Gasteiger partial charge < -0.3 is 10.4 Å². The molecular weight excluding hydrogens is 909 g/mol. The molecule has 22 nitrogen and oxygen atoms in total. The smallest absolute Gasteiger partial charge is 0.425 e. The molecule has 0 bridgehead atoms. The third-order valence-corrected chi connectivity index (χ3v) is 11.1. The van der Waals surface area contributed by atoms with Gasteiger partial charge >= 0.3 is 16.6 Å². The summed E-state index contributed by atoms with van der Waals surface area (Å²) >= 11 is 0. The van der Waals surface area contributed by atoms with Gasteiger partial charge in [0.2, 0.25) is 5.95 Å². The minimum atomic E-state index is -4.86. The number of nitrogens with one attached hydrogen (secondary N) is 1. The highest BCUT2D eigenvalue weighted by Crippen LogP contribution is 2.34. The Hall–Kier alpha value is -6.81. The molecule has 328 valence electrons. The minimum absolute atomic E-state index is 0.0966. The molecule has 0 saturated carbocycles. The summed E-state index contributed by atoms with van der Waals surface area (Å²) in [5.41, 5.74) is 1.65. The van der Waals surface area contributed by atoms with Gasteiger partial charge in [0.05, 0.1) is 27.6 Å². The van der Waals surface area contributed by atoms with Crippen LogP contribution in [0.4, 0.5) is 28.7 Å². The van der Waals surface area contributed by atoms with Crippen molar-refractivity contribution in [1.29, 1.82) is 0 Å². The fourth-order valence-electron chi connectivity index (χ4n) is 5.70. The number of aliphatic carboxylic acids is 1. The van der Waals surface area contributed by atoms with E-state index in [2.05, 4.69) is 40.7 Å². The summed E-state index contributed by atoms with van der Waals surface area (Å²) < 4.78 is 128. The van der Waals surface area contributed by atoms with Gasteiger partial charge in [-0.25, -0.2) is 4.98 Å². The topological polar surface area (TPSA) is 352 Å². The van der Waals surface area contributed by atoms with E-state index in [1.807, 2.05) is 0 Å². The van der Waals surface area contributed by atoms with Gasteiger partial charge in [-0.1, -0.05) is 48.5 Å². The highest BCUT2D eigenvalue weighted by molar-refractivity contribution is 7.86. The molecule has 0 fully saturated rings. The molecule has 1 aromatic heterocycles. The number of carbonyl (C=O) groups is 1. The van der Waals surface area contributed by atoms with Crippen LogP contribution in [-0.4, -0.2) is 84.1 Å². The Kier molecular flexibility index (Phi) is 15.3. The van der Waals surface area contributed by atoms with Crippen molar-refractivity contribution in [3.63, 3.8) is 0 Å². The maximum atomic E-state index is 12.5. The van der Waals surface area contributed by atoms with Crippen LogP contribution in [0.15, 0.2) is 138 Å². The van der Waals surface area contributed by atoms with E-state index in [0.29, 0.717) is 11.3 Å². The molecule has 5 aromatic carbocycles. The lowest BCUT2D eigenvalue weighted by molar-refractivity contribution is -0.137. The molecule has 6 rings (SSSR count). The Bertz CT molecular complexity index is 3190. The van der Waals surface area contributed by atoms with Gasteiger partial charge in [0, 0.05) is 36.6 Å². The van der Waals surface area contributed by atoms with E-state index in [-0.39, 0.29) is 83.2 Å². The number of hydrogen-bond donors (Lipinski definition) is 5. The molecular formula is C37H32N8O14S4. The van der Waals surface area contributed by atoms with Crippen LogP contribution >= 0.6 is 0 Å². The number of nitrogens with zero attached hydrogens (tertiary/aromatic N) is 7. The monoisotopic (exact) mass is 940 g/mol. The Morgan fingerprint density at radius 1 is 0.571 bits per heavy atom. The molecule has 0 radical (unpaired) electrons. The zero-order valence-corrected chi connectivity index (χ0v) is 35.3. The Labute approximate surface area is 359 Å². The van der Waals surface area contributed by atoms with Crippen LogP contribution in [0.5, 0.6) is 0 Å². The lowest BCUT2D eigenvalue weighted by Crippen LogP contribution is -2.13. The van der Waals surface area contributed by atoms with Crippen molar-refractivity contribution in [3.05, 3.63) is 126 Å². The lowest BCUT2D eigenvalue weighted by atomic mass is 10.1. The third-order valence-electron chi connectivity index (χ3n) is 8.33. The number of fused-ring (bicyclic) bond motifs is 1. The molecule has 0 amide bonds. The first-order valence-electron chi connectivity index (χ1n) is 17.7. The molecule has 0 saturated heterocycles. The average Bonchev–Trinajstić information content (AvgIpc) is 3.20. The first kappa shape index (κ1) is 47.2. The fourth-order valence-corrected chi connectivity index (χ4v) is 7.87. The van der Waals surface area contributed by atoms with Gasteiger partial charge in [-0.3, -0.25) is 18.5 Å². The quantitative estimate of drug-likeness (QED) is 0.0419. The third kappa shape index (κ3) is 14.1. The van der Waals surface area contributed by atoms with Crippen LogP contribution in [0, 0.1) is 0 Å². The minimum Gasteiger partial charge on any atom is -0.481 e. The van der Waals surface area contributed by atoms with Crippen LogP contribution < -0.4 is 5.32 Å².